The van der Waals surface area contributed by atoms with Crippen LogP contribution in [-0.4, -0.2) is 48.8 Å². The van der Waals surface area contributed by atoms with Crippen LogP contribution in [0.4, 0.5) is 0 Å². The van der Waals surface area contributed by atoms with Gasteiger partial charge in [-0.1, -0.05) is 16.8 Å². The molecule has 30 heavy (non-hydrogen) atoms. The minimum Gasteiger partial charge on any atom is -0.328 e. The van der Waals surface area contributed by atoms with Gasteiger partial charge in [-0.25, -0.2) is 0 Å². The van der Waals surface area contributed by atoms with Crippen molar-refractivity contribution in [3.05, 3.63) is 12.2 Å². The lowest BCUT2D eigenvalue weighted by Crippen LogP contribution is -2.32. The van der Waals surface area contributed by atoms with Gasteiger partial charge < -0.3 is 18.1 Å². The molecule has 1 aliphatic heterocycles. The summed E-state index contributed by atoms with van der Waals surface area (Å²) in [7, 11) is -5.85. The number of hydrogen-bond donors (Lipinski definition) is 0. The topological polar surface area (TPSA) is 74.2 Å². The lowest BCUT2D eigenvalue weighted by Gasteiger charge is -2.45. The molecule has 0 aromatic heterocycles. The van der Waals surface area contributed by atoms with Gasteiger partial charge >= 0.3 is 7.66 Å². The Labute approximate surface area is 183 Å². The molecule has 12 heteroatoms. The number of rotatable bonds is 13. The predicted octanol–water partition coefficient (Wildman–Crippen LogP) is 6.25. The Morgan fingerprint density at radius 2 is 1.67 bits per heavy atom. The molecule has 1 fully saturated rings. The van der Waals surface area contributed by atoms with E-state index in [2.05, 4.69) is 12.2 Å². The average molecular weight is 483 g/mol. The summed E-state index contributed by atoms with van der Waals surface area (Å²) in [5.74, 6) is 1.76. The van der Waals surface area contributed by atoms with Gasteiger partial charge in [0.1, 0.15) is 0 Å². The molecule has 2 bridgehead atoms. The number of allylic oxidation sites excluding steroid dienone is 2. The Bertz CT molecular complexity index is 628. The molecule has 3 rings (SSSR count). The van der Waals surface area contributed by atoms with E-state index in [9.17, 15) is 0 Å². The van der Waals surface area contributed by atoms with E-state index in [1.54, 1.807) is 9.21 Å². The van der Waals surface area contributed by atoms with Gasteiger partial charge in [-0.15, -0.1) is 0 Å². The normalized spacial score (nSPS) is 36.5. The Kier molecular flexibility index (Phi) is 10.1. The van der Waals surface area contributed by atoms with E-state index in [0.29, 0.717) is 57.4 Å². The molecule has 0 N–H and O–H groups in total. The highest BCUT2D eigenvalue weighted by atomic mass is 31.3. The Balaban J connectivity index is 1.93. The van der Waals surface area contributed by atoms with Crippen LogP contribution < -0.4 is 0 Å². The molecule has 0 aromatic carbocycles. The molecule has 0 amide bonds. The summed E-state index contributed by atoms with van der Waals surface area (Å²) in [6.45, 7) is 12.7. The summed E-state index contributed by atoms with van der Waals surface area (Å²) < 4.78 is 33.3. The Morgan fingerprint density at radius 1 is 0.900 bits per heavy atom. The molecular formula is C18H36N3O6P3. The monoisotopic (exact) mass is 483 g/mol. The van der Waals surface area contributed by atoms with Crippen molar-refractivity contribution in [2.45, 2.75) is 47.5 Å². The van der Waals surface area contributed by atoms with E-state index in [4.69, 9.17) is 32.3 Å². The standard InChI is InChI=1S/C18H36N3O6P3/c1-6-22-20-28(24-8-3)19-30(26-10-5,21(23-7-2)29(20)25-9-4)27-15-18-14-16-11-12-17(18)13-16/h11-12,16-18H,6-10,13-15H2,1-5H3. The van der Waals surface area contributed by atoms with Gasteiger partial charge in [0.15, 0.2) is 0 Å². The van der Waals surface area contributed by atoms with Crippen LogP contribution in [0.1, 0.15) is 47.5 Å². The fourth-order valence-corrected chi connectivity index (χ4v) is 12.0. The van der Waals surface area contributed by atoms with E-state index < -0.39 is 24.6 Å². The zero-order chi connectivity index (χ0) is 21.6. The molecule has 1 saturated carbocycles. The smallest absolute Gasteiger partial charge is 0.328 e. The molecule has 9 nitrogen and oxygen atoms in total. The van der Waals surface area contributed by atoms with Crippen molar-refractivity contribution in [1.29, 1.82) is 0 Å². The third kappa shape index (κ3) is 5.52. The first kappa shape index (κ1) is 25.1. The third-order valence-corrected chi connectivity index (χ3v) is 12.4. The summed E-state index contributed by atoms with van der Waals surface area (Å²) in [4.78, 5) is 12.0. The van der Waals surface area contributed by atoms with Crippen LogP contribution >= 0.6 is 24.6 Å². The lowest BCUT2D eigenvalue weighted by molar-refractivity contribution is -0.0763. The van der Waals surface area contributed by atoms with E-state index in [-0.39, 0.29) is 0 Å². The Hall–Kier alpha value is 0.510. The van der Waals surface area contributed by atoms with Gasteiger partial charge in [0, 0.05) is 0 Å². The molecule has 0 saturated heterocycles. The third-order valence-electron chi connectivity index (χ3n) is 4.99. The molecule has 1 heterocycles. The molecule has 6 unspecified atom stereocenters. The van der Waals surface area contributed by atoms with Gasteiger partial charge in [-0.05, 0) is 69.8 Å². The highest BCUT2D eigenvalue weighted by molar-refractivity contribution is 7.78. The average Bonchev–Trinajstić information content (AvgIpc) is 3.36. The highest BCUT2D eigenvalue weighted by Gasteiger charge is 2.52. The van der Waals surface area contributed by atoms with E-state index in [0.717, 1.165) is 6.42 Å². The zero-order valence-electron chi connectivity index (χ0n) is 18.7. The van der Waals surface area contributed by atoms with Crippen LogP contribution in [0.25, 0.3) is 0 Å². The second-order valence-corrected chi connectivity index (χ2v) is 12.8. The second-order valence-electron chi connectivity index (χ2n) is 7.02. The molecule has 3 aliphatic rings. The van der Waals surface area contributed by atoms with Crippen LogP contribution in [0.5, 0.6) is 0 Å². The molecule has 0 radical (unpaired) electrons. The summed E-state index contributed by atoms with van der Waals surface area (Å²) in [6.07, 6.45) is 7.07. The summed E-state index contributed by atoms with van der Waals surface area (Å²) in [5, 5.41) is 0. The fourth-order valence-electron chi connectivity index (χ4n) is 3.88. The van der Waals surface area contributed by atoms with Gasteiger partial charge in [-0.3, -0.25) is 9.68 Å². The molecule has 0 aromatic rings. The minimum absolute atomic E-state index is 0.447. The van der Waals surface area contributed by atoms with Crippen LogP contribution in [0, 0.1) is 17.8 Å². The van der Waals surface area contributed by atoms with Crippen LogP contribution in [0.15, 0.2) is 16.7 Å². The maximum atomic E-state index is 6.57. The minimum atomic E-state index is -2.93. The van der Waals surface area contributed by atoms with Crippen molar-refractivity contribution < 1.29 is 27.8 Å². The molecule has 6 atom stereocenters. The Morgan fingerprint density at radius 3 is 2.23 bits per heavy atom. The van der Waals surface area contributed by atoms with Gasteiger partial charge in [0.05, 0.1) is 39.6 Å². The molecule has 174 valence electrons. The maximum absolute atomic E-state index is 6.57. The SMILES string of the molecule is CCON1P(OCC)N=P(OCC)(OCC2CC3C=CC2C3)N(OCC)P1OCC. The summed E-state index contributed by atoms with van der Waals surface area (Å²) >= 11 is 0. The van der Waals surface area contributed by atoms with Crippen molar-refractivity contribution in [3.63, 3.8) is 0 Å². The molecule has 2 aliphatic carbocycles. The van der Waals surface area contributed by atoms with Crippen molar-refractivity contribution >= 4 is 24.6 Å². The number of nitrogens with zero attached hydrogens (tertiary/aromatic N) is 3. The van der Waals surface area contributed by atoms with Crippen molar-refractivity contribution in [1.82, 2.24) is 9.21 Å². The highest BCUT2D eigenvalue weighted by Crippen LogP contribution is 2.79. The summed E-state index contributed by atoms with van der Waals surface area (Å²) in [5.41, 5.74) is 0. The zero-order valence-corrected chi connectivity index (χ0v) is 21.4. The van der Waals surface area contributed by atoms with Gasteiger partial charge in [0.2, 0.25) is 0 Å². The van der Waals surface area contributed by atoms with E-state index >= 15 is 0 Å². The first-order chi connectivity index (χ1) is 14.6. The van der Waals surface area contributed by atoms with Crippen molar-refractivity contribution in [2.24, 2.45) is 22.3 Å². The lowest BCUT2D eigenvalue weighted by atomic mass is 9.95. The number of hydrogen-bond acceptors (Lipinski definition) is 9. The first-order valence-corrected chi connectivity index (χ1v) is 14.8. The van der Waals surface area contributed by atoms with Crippen LogP contribution in [0.2, 0.25) is 0 Å². The summed E-state index contributed by atoms with van der Waals surface area (Å²) in [6, 6.07) is 0. The maximum Gasteiger partial charge on any atom is 0.328 e. The molecular weight excluding hydrogens is 447 g/mol. The first-order valence-electron chi connectivity index (χ1n) is 10.9. The van der Waals surface area contributed by atoms with Crippen LogP contribution in [0.3, 0.4) is 0 Å². The fraction of sp³-hybridized carbons (Fsp3) is 0.889. The molecule has 0 spiro atoms. The largest absolute Gasteiger partial charge is 0.328 e. The van der Waals surface area contributed by atoms with Crippen molar-refractivity contribution in [3.8, 4) is 0 Å². The van der Waals surface area contributed by atoms with E-state index in [1.165, 1.54) is 6.42 Å². The van der Waals surface area contributed by atoms with Crippen LogP contribution in [-0.2, 0) is 27.8 Å². The van der Waals surface area contributed by atoms with Gasteiger partial charge in [0.25, 0.3) is 16.9 Å². The second kappa shape index (κ2) is 12.1. The van der Waals surface area contributed by atoms with E-state index in [1.807, 2.05) is 34.6 Å². The predicted molar refractivity (Wildman–Crippen MR) is 120 cm³/mol. The number of fused-ring (bicyclic) bond motifs is 2. The van der Waals surface area contributed by atoms with Crippen molar-refractivity contribution in [2.75, 3.05) is 39.6 Å². The van der Waals surface area contributed by atoms with Gasteiger partial charge in [-0.2, -0.15) is 4.52 Å². The quantitative estimate of drug-likeness (QED) is 0.225.